The van der Waals surface area contributed by atoms with Crippen molar-refractivity contribution in [3.63, 3.8) is 0 Å². The molecular weight excluding hydrogens is 150 g/mol. The van der Waals surface area contributed by atoms with Crippen LogP contribution in [0.15, 0.2) is 18.2 Å². The summed E-state index contributed by atoms with van der Waals surface area (Å²) in [6, 6.07) is 5.65. The molecule has 1 aromatic rings. The first-order valence-electron chi connectivity index (χ1n) is 4.27. The van der Waals surface area contributed by atoms with E-state index < -0.39 is 0 Å². The lowest BCUT2D eigenvalue weighted by atomic mass is 10.2. The highest BCUT2D eigenvalue weighted by Gasteiger charge is 1.98. The van der Waals surface area contributed by atoms with E-state index in [1.165, 1.54) is 0 Å². The molecule has 66 valence electrons. The molecule has 2 heteroatoms. The Labute approximate surface area is 73.2 Å². The van der Waals surface area contributed by atoms with Crippen molar-refractivity contribution in [3.05, 3.63) is 23.8 Å². The average Bonchev–Trinajstić information content (AvgIpc) is 2.03. The van der Waals surface area contributed by atoms with Crippen molar-refractivity contribution in [2.24, 2.45) is 0 Å². The number of phenolic OH excluding ortho intramolecular Hbond substituents is 1. The Bertz CT molecular complexity index is 258. The van der Waals surface area contributed by atoms with E-state index in [2.05, 4.69) is 12.2 Å². The highest BCUT2D eigenvalue weighted by atomic mass is 16.3. The van der Waals surface area contributed by atoms with Crippen LogP contribution in [-0.2, 0) is 0 Å². The Balaban J connectivity index is 2.72. The van der Waals surface area contributed by atoms with Crippen LogP contribution in [-0.4, -0.2) is 11.7 Å². The molecule has 0 amide bonds. The van der Waals surface area contributed by atoms with Gasteiger partial charge in [-0.3, -0.25) is 0 Å². The molecule has 0 aromatic heterocycles. The number of hydrogen-bond donors (Lipinski definition) is 2. The van der Waals surface area contributed by atoms with Crippen LogP contribution >= 0.6 is 0 Å². The van der Waals surface area contributed by atoms with E-state index in [-0.39, 0.29) is 0 Å². The van der Waals surface area contributed by atoms with E-state index in [0.29, 0.717) is 5.75 Å². The van der Waals surface area contributed by atoms with E-state index in [9.17, 15) is 5.11 Å². The van der Waals surface area contributed by atoms with Crippen LogP contribution in [0.2, 0.25) is 0 Å². The summed E-state index contributed by atoms with van der Waals surface area (Å²) in [4.78, 5) is 0. The van der Waals surface area contributed by atoms with Gasteiger partial charge in [-0.05, 0) is 31.0 Å². The zero-order chi connectivity index (χ0) is 8.97. The van der Waals surface area contributed by atoms with Gasteiger partial charge >= 0.3 is 0 Å². The molecule has 0 bridgehead atoms. The maximum atomic E-state index is 9.46. The second kappa shape index (κ2) is 4.00. The minimum atomic E-state index is 0.337. The molecule has 0 unspecified atom stereocenters. The number of nitrogens with one attached hydrogen (secondary N) is 1. The van der Waals surface area contributed by atoms with Gasteiger partial charge in [-0.1, -0.05) is 13.0 Å². The molecule has 0 heterocycles. The summed E-state index contributed by atoms with van der Waals surface area (Å²) in [6.07, 6.45) is 1.06. The Kier molecular flexibility index (Phi) is 2.97. The van der Waals surface area contributed by atoms with Crippen molar-refractivity contribution >= 4 is 5.69 Å². The van der Waals surface area contributed by atoms with E-state index in [1.807, 2.05) is 19.1 Å². The van der Waals surface area contributed by atoms with Gasteiger partial charge in [0, 0.05) is 6.54 Å². The van der Waals surface area contributed by atoms with Gasteiger partial charge in [0.1, 0.15) is 5.75 Å². The lowest BCUT2D eigenvalue weighted by molar-refractivity contribution is 0.476. The van der Waals surface area contributed by atoms with Gasteiger partial charge in [0.15, 0.2) is 0 Å². The second-order valence-corrected chi connectivity index (χ2v) is 2.95. The van der Waals surface area contributed by atoms with Crippen LogP contribution in [0.1, 0.15) is 18.9 Å². The van der Waals surface area contributed by atoms with Gasteiger partial charge in [0.2, 0.25) is 0 Å². The molecule has 0 fully saturated rings. The smallest absolute Gasteiger partial charge is 0.138 e. The number of hydrogen-bond acceptors (Lipinski definition) is 2. The predicted molar refractivity (Wildman–Crippen MR) is 51.6 cm³/mol. The molecule has 12 heavy (non-hydrogen) atoms. The minimum Gasteiger partial charge on any atom is -0.506 e. The summed E-state index contributed by atoms with van der Waals surface area (Å²) in [5.74, 6) is 0.337. The number of rotatable bonds is 3. The van der Waals surface area contributed by atoms with E-state index in [0.717, 1.165) is 24.2 Å². The van der Waals surface area contributed by atoms with Crippen molar-refractivity contribution in [3.8, 4) is 5.75 Å². The monoisotopic (exact) mass is 165 g/mol. The van der Waals surface area contributed by atoms with Gasteiger partial charge in [0.25, 0.3) is 0 Å². The molecule has 0 spiro atoms. The molecule has 0 saturated carbocycles. The molecule has 0 aliphatic rings. The zero-order valence-electron chi connectivity index (χ0n) is 7.59. The lowest BCUT2D eigenvalue weighted by Crippen LogP contribution is -1.99. The van der Waals surface area contributed by atoms with Crippen molar-refractivity contribution in [1.82, 2.24) is 0 Å². The van der Waals surface area contributed by atoms with Gasteiger partial charge in [0.05, 0.1) is 5.69 Å². The molecule has 0 atom stereocenters. The summed E-state index contributed by atoms with van der Waals surface area (Å²) in [5, 5.41) is 12.6. The summed E-state index contributed by atoms with van der Waals surface area (Å²) in [7, 11) is 0. The third-order valence-electron chi connectivity index (χ3n) is 1.72. The SMILES string of the molecule is CCCNc1ccc(C)cc1O. The maximum absolute atomic E-state index is 9.46. The fraction of sp³-hybridized carbons (Fsp3) is 0.400. The molecule has 1 aromatic carbocycles. The number of aryl methyl sites for hydroxylation is 1. The average molecular weight is 165 g/mol. The highest BCUT2D eigenvalue weighted by Crippen LogP contribution is 2.23. The van der Waals surface area contributed by atoms with Crippen LogP contribution in [0.5, 0.6) is 5.75 Å². The molecule has 2 N–H and O–H groups in total. The molecule has 1 rings (SSSR count). The number of phenols is 1. The van der Waals surface area contributed by atoms with Crippen LogP contribution in [0.3, 0.4) is 0 Å². The normalized spacial score (nSPS) is 9.83. The van der Waals surface area contributed by atoms with Crippen LogP contribution in [0.4, 0.5) is 5.69 Å². The highest BCUT2D eigenvalue weighted by molar-refractivity contribution is 5.56. The van der Waals surface area contributed by atoms with Crippen LogP contribution in [0, 0.1) is 6.92 Å². The number of benzene rings is 1. The van der Waals surface area contributed by atoms with Crippen molar-refractivity contribution in [2.75, 3.05) is 11.9 Å². The fourth-order valence-electron chi connectivity index (χ4n) is 1.05. The van der Waals surface area contributed by atoms with Crippen molar-refractivity contribution in [2.45, 2.75) is 20.3 Å². The van der Waals surface area contributed by atoms with Gasteiger partial charge < -0.3 is 10.4 Å². The Morgan fingerprint density at radius 2 is 2.17 bits per heavy atom. The Morgan fingerprint density at radius 3 is 2.75 bits per heavy atom. The summed E-state index contributed by atoms with van der Waals surface area (Å²) < 4.78 is 0. The van der Waals surface area contributed by atoms with E-state index in [1.54, 1.807) is 6.07 Å². The first-order chi connectivity index (χ1) is 5.74. The van der Waals surface area contributed by atoms with Crippen molar-refractivity contribution < 1.29 is 5.11 Å². The topological polar surface area (TPSA) is 32.3 Å². The van der Waals surface area contributed by atoms with Gasteiger partial charge in [-0.15, -0.1) is 0 Å². The molecular formula is C10H15NO. The third-order valence-corrected chi connectivity index (χ3v) is 1.72. The predicted octanol–water partition coefficient (Wildman–Crippen LogP) is 2.52. The minimum absolute atomic E-state index is 0.337. The molecule has 2 nitrogen and oxygen atoms in total. The Hall–Kier alpha value is -1.18. The molecule has 0 radical (unpaired) electrons. The molecule has 0 saturated heterocycles. The van der Waals surface area contributed by atoms with Crippen LogP contribution < -0.4 is 5.32 Å². The van der Waals surface area contributed by atoms with Crippen molar-refractivity contribution in [1.29, 1.82) is 0 Å². The first kappa shape index (κ1) is 8.91. The molecule has 0 aliphatic heterocycles. The number of anilines is 1. The third kappa shape index (κ3) is 2.16. The summed E-state index contributed by atoms with van der Waals surface area (Å²) >= 11 is 0. The van der Waals surface area contributed by atoms with E-state index in [4.69, 9.17) is 0 Å². The quantitative estimate of drug-likeness (QED) is 0.674. The Morgan fingerprint density at radius 1 is 1.42 bits per heavy atom. The van der Waals surface area contributed by atoms with Crippen LogP contribution in [0.25, 0.3) is 0 Å². The van der Waals surface area contributed by atoms with E-state index >= 15 is 0 Å². The zero-order valence-corrected chi connectivity index (χ0v) is 7.59. The summed E-state index contributed by atoms with van der Waals surface area (Å²) in [6.45, 7) is 4.96. The number of aromatic hydroxyl groups is 1. The second-order valence-electron chi connectivity index (χ2n) is 2.95. The summed E-state index contributed by atoms with van der Waals surface area (Å²) in [5.41, 5.74) is 1.90. The first-order valence-corrected chi connectivity index (χ1v) is 4.27. The maximum Gasteiger partial charge on any atom is 0.138 e. The van der Waals surface area contributed by atoms with Gasteiger partial charge in [-0.25, -0.2) is 0 Å². The fourth-order valence-corrected chi connectivity index (χ4v) is 1.05. The van der Waals surface area contributed by atoms with Gasteiger partial charge in [-0.2, -0.15) is 0 Å². The lowest BCUT2D eigenvalue weighted by Gasteiger charge is -2.06. The molecule has 0 aliphatic carbocycles. The standard InChI is InChI=1S/C10H15NO/c1-3-6-11-9-5-4-8(2)7-10(9)12/h4-5,7,11-12H,3,6H2,1-2H3. The largest absolute Gasteiger partial charge is 0.506 e.